The standard InChI is InChI=1S/C11H16SSe/c1-2-3-9-13-12-10-11-7-5-4-6-8-11/h4-8H,2-3,9-10H2,1H3. The molecule has 0 aliphatic rings. The monoisotopic (exact) mass is 260 g/mol. The molecule has 0 aromatic heterocycles. The van der Waals surface area contributed by atoms with Gasteiger partial charge in [-0.2, -0.15) is 0 Å². The van der Waals surface area contributed by atoms with Crippen LogP contribution in [0.3, 0.4) is 0 Å². The van der Waals surface area contributed by atoms with Crippen molar-refractivity contribution >= 4 is 24.0 Å². The summed E-state index contributed by atoms with van der Waals surface area (Å²) in [6, 6.07) is 10.7. The van der Waals surface area contributed by atoms with Crippen molar-refractivity contribution in [2.24, 2.45) is 0 Å². The number of hydrogen-bond acceptors (Lipinski definition) is 1. The van der Waals surface area contributed by atoms with Crippen LogP contribution in [0.25, 0.3) is 0 Å². The Morgan fingerprint density at radius 2 is 2.00 bits per heavy atom. The summed E-state index contributed by atoms with van der Waals surface area (Å²) in [6.45, 7) is 2.26. The van der Waals surface area contributed by atoms with E-state index in [1.165, 1.54) is 29.5 Å². The Labute approximate surface area is 90.7 Å². The molecule has 0 heterocycles. The van der Waals surface area contributed by atoms with Crippen LogP contribution in [-0.2, 0) is 5.75 Å². The molecule has 0 aliphatic carbocycles. The Morgan fingerprint density at radius 1 is 1.23 bits per heavy atom. The SMILES string of the molecule is CCCC[Se]SCc1ccccc1. The van der Waals surface area contributed by atoms with Gasteiger partial charge in [0.25, 0.3) is 0 Å². The van der Waals surface area contributed by atoms with Crippen LogP contribution in [0.5, 0.6) is 0 Å². The van der Waals surface area contributed by atoms with Gasteiger partial charge in [0.05, 0.1) is 0 Å². The van der Waals surface area contributed by atoms with Gasteiger partial charge in [0.15, 0.2) is 0 Å². The first-order valence-electron chi connectivity index (χ1n) is 4.72. The third kappa shape index (κ3) is 5.41. The third-order valence-corrected chi connectivity index (χ3v) is 5.96. The predicted octanol–water partition coefficient (Wildman–Crippen LogP) is 3.76. The molecule has 1 aromatic rings. The zero-order valence-electron chi connectivity index (χ0n) is 8.03. The Kier molecular flexibility index (Phi) is 6.43. The molecule has 0 bridgehead atoms. The first kappa shape index (κ1) is 11.2. The molecule has 0 atom stereocenters. The van der Waals surface area contributed by atoms with E-state index in [1.807, 2.05) is 0 Å². The molecule has 2 heteroatoms. The molecule has 0 unspecified atom stereocenters. The van der Waals surface area contributed by atoms with Crippen LogP contribution in [0.15, 0.2) is 30.3 Å². The Morgan fingerprint density at radius 3 is 2.69 bits per heavy atom. The van der Waals surface area contributed by atoms with Crippen molar-refractivity contribution < 1.29 is 0 Å². The van der Waals surface area contributed by atoms with E-state index in [1.54, 1.807) is 0 Å². The zero-order chi connectivity index (χ0) is 9.36. The average Bonchev–Trinajstić information content (AvgIpc) is 2.19. The summed E-state index contributed by atoms with van der Waals surface area (Å²) in [5.74, 6) is 1.20. The number of rotatable bonds is 6. The van der Waals surface area contributed by atoms with Crippen molar-refractivity contribution in [1.82, 2.24) is 0 Å². The Balaban J connectivity index is 2.07. The second kappa shape index (κ2) is 7.49. The summed E-state index contributed by atoms with van der Waals surface area (Å²) < 4.78 is 0. The molecule has 0 saturated carbocycles. The molecule has 1 rings (SSSR count). The molecule has 0 nitrogen and oxygen atoms in total. The fraction of sp³-hybridized carbons (Fsp3) is 0.455. The van der Waals surface area contributed by atoms with Crippen LogP contribution >= 0.6 is 10.2 Å². The molecule has 0 spiro atoms. The third-order valence-electron chi connectivity index (χ3n) is 1.73. The predicted molar refractivity (Wildman–Crippen MR) is 63.2 cm³/mol. The number of hydrogen-bond donors (Lipinski definition) is 0. The molecular formula is C11H16SSe. The van der Waals surface area contributed by atoms with Gasteiger partial charge in [-0.25, -0.2) is 0 Å². The van der Waals surface area contributed by atoms with E-state index in [2.05, 4.69) is 47.4 Å². The molecular weight excluding hydrogens is 243 g/mol. The quantitative estimate of drug-likeness (QED) is 0.553. The van der Waals surface area contributed by atoms with Crippen molar-refractivity contribution in [2.75, 3.05) is 0 Å². The second-order valence-electron chi connectivity index (χ2n) is 2.92. The van der Waals surface area contributed by atoms with Crippen LogP contribution < -0.4 is 0 Å². The van der Waals surface area contributed by atoms with E-state index in [0.29, 0.717) is 0 Å². The first-order valence-corrected chi connectivity index (χ1v) is 8.94. The normalized spacial score (nSPS) is 10.2. The van der Waals surface area contributed by atoms with Crippen molar-refractivity contribution in [3.05, 3.63) is 35.9 Å². The van der Waals surface area contributed by atoms with Crippen LogP contribution in [0.1, 0.15) is 25.3 Å². The molecule has 0 radical (unpaired) electrons. The first-order chi connectivity index (χ1) is 6.43. The molecule has 13 heavy (non-hydrogen) atoms. The summed E-state index contributed by atoms with van der Waals surface area (Å²) >= 11 is 0.797. The average molecular weight is 259 g/mol. The molecule has 72 valence electrons. The van der Waals surface area contributed by atoms with E-state index < -0.39 is 0 Å². The minimum absolute atomic E-state index is 0.797. The van der Waals surface area contributed by atoms with Gasteiger partial charge in [-0.3, -0.25) is 0 Å². The van der Waals surface area contributed by atoms with Gasteiger partial charge >= 0.3 is 90.7 Å². The summed E-state index contributed by atoms with van der Waals surface area (Å²) in [5.41, 5.74) is 1.46. The summed E-state index contributed by atoms with van der Waals surface area (Å²) in [5, 5.41) is 1.43. The van der Waals surface area contributed by atoms with E-state index in [0.717, 1.165) is 13.8 Å². The van der Waals surface area contributed by atoms with Crippen molar-refractivity contribution in [2.45, 2.75) is 30.8 Å². The van der Waals surface area contributed by atoms with Gasteiger partial charge in [0.1, 0.15) is 0 Å². The van der Waals surface area contributed by atoms with Crippen LogP contribution in [0, 0.1) is 0 Å². The zero-order valence-corrected chi connectivity index (χ0v) is 10.6. The maximum absolute atomic E-state index is 2.26. The number of unbranched alkanes of at least 4 members (excludes halogenated alkanes) is 1. The van der Waals surface area contributed by atoms with Gasteiger partial charge < -0.3 is 0 Å². The van der Waals surface area contributed by atoms with Gasteiger partial charge in [-0.1, -0.05) is 0 Å². The molecule has 0 fully saturated rings. The summed E-state index contributed by atoms with van der Waals surface area (Å²) in [6.07, 6.45) is 2.75. The van der Waals surface area contributed by atoms with Gasteiger partial charge in [-0.05, 0) is 0 Å². The van der Waals surface area contributed by atoms with E-state index in [9.17, 15) is 0 Å². The van der Waals surface area contributed by atoms with Crippen LogP contribution in [-0.4, -0.2) is 13.8 Å². The van der Waals surface area contributed by atoms with Gasteiger partial charge in [0.2, 0.25) is 0 Å². The van der Waals surface area contributed by atoms with Crippen molar-refractivity contribution in [3.8, 4) is 0 Å². The maximum atomic E-state index is 2.26. The molecule has 0 N–H and O–H groups in total. The van der Waals surface area contributed by atoms with E-state index in [-0.39, 0.29) is 0 Å². The molecule has 0 saturated heterocycles. The van der Waals surface area contributed by atoms with Crippen molar-refractivity contribution in [3.63, 3.8) is 0 Å². The van der Waals surface area contributed by atoms with Crippen molar-refractivity contribution in [1.29, 1.82) is 0 Å². The number of benzene rings is 1. The Hall–Kier alpha value is 0.0895. The topological polar surface area (TPSA) is 0 Å². The fourth-order valence-electron chi connectivity index (χ4n) is 0.946. The second-order valence-corrected chi connectivity index (χ2v) is 7.51. The Bertz CT molecular complexity index is 211. The van der Waals surface area contributed by atoms with Gasteiger partial charge in [0, 0.05) is 0 Å². The molecule has 0 amide bonds. The molecule has 1 aromatic carbocycles. The van der Waals surface area contributed by atoms with Gasteiger partial charge in [-0.15, -0.1) is 0 Å². The van der Waals surface area contributed by atoms with Crippen LogP contribution in [0.2, 0.25) is 5.32 Å². The summed E-state index contributed by atoms with van der Waals surface area (Å²) in [7, 11) is 2.11. The summed E-state index contributed by atoms with van der Waals surface area (Å²) in [4.78, 5) is 0. The van der Waals surface area contributed by atoms with E-state index in [4.69, 9.17) is 0 Å². The molecule has 0 aliphatic heterocycles. The van der Waals surface area contributed by atoms with Crippen LogP contribution in [0.4, 0.5) is 0 Å². The van der Waals surface area contributed by atoms with E-state index >= 15 is 0 Å². The minimum atomic E-state index is 0.797. The fourth-order valence-corrected chi connectivity index (χ4v) is 5.06.